The van der Waals surface area contributed by atoms with Crippen molar-refractivity contribution >= 4 is 11.6 Å². The Kier molecular flexibility index (Phi) is 6.42. The average Bonchev–Trinajstić information content (AvgIpc) is 2.39. The van der Waals surface area contributed by atoms with Crippen molar-refractivity contribution in [1.82, 2.24) is 5.32 Å². The Morgan fingerprint density at radius 1 is 1.21 bits per heavy atom. The molecule has 1 aromatic rings. The molecule has 0 atom stereocenters. The zero-order valence-electron chi connectivity index (χ0n) is 11.3. The van der Waals surface area contributed by atoms with Gasteiger partial charge in [-0.1, -0.05) is 32.8 Å². The second-order valence-corrected chi connectivity index (χ2v) is 4.46. The van der Waals surface area contributed by atoms with E-state index < -0.39 is 23.2 Å². The van der Waals surface area contributed by atoms with E-state index >= 15 is 0 Å². The average molecular weight is 270 g/mol. The molecule has 0 heterocycles. The first-order valence-electron chi connectivity index (χ1n) is 6.53. The van der Waals surface area contributed by atoms with Crippen LogP contribution in [0.4, 0.5) is 14.5 Å². The van der Waals surface area contributed by atoms with Crippen molar-refractivity contribution in [3.8, 4) is 0 Å². The number of carbonyl (C=O) groups excluding carboxylic acids is 1. The van der Waals surface area contributed by atoms with Crippen LogP contribution in [-0.2, 0) is 4.79 Å². The van der Waals surface area contributed by atoms with Crippen molar-refractivity contribution in [3.05, 3.63) is 29.8 Å². The van der Waals surface area contributed by atoms with E-state index in [-0.39, 0.29) is 6.54 Å². The topological polar surface area (TPSA) is 41.1 Å². The maximum atomic E-state index is 13.3. The SMILES string of the molecule is CCC(CC)CNCC(=O)Nc1c(F)cccc1F. The first kappa shape index (κ1) is 15.6. The van der Waals surface area contributed by atoms with E-state index in [1.165, 1.54) is 6.07 Å². The standard InChI is InChI=1S/C14H20F2N2O/c1-3-10(4-2)8-17-9-13(19)18-14-11(15)6-5-7-12(14)16/h5-7,10,17H,3-4,8-9H2,1-2H3,(H,18,19). The number of amides is 1. The highest BCUT2D eigenvalue weighted by Gasteiger charge is 2.11. The van der Waals surface area contributed by atoms with Crippen LogP contribution >= 0.6 is 0 Å². The molecule has 19 heavy (non-hydrogen) atoms. The van der Waals surface area contributed by atoms with Crippen LogP contribution < -0.4 is 10.6 Å². The molecule has 106 valence electrons. The Morgan fingerprint density at radius 3 is 2.32 bits per heavy atom. The fraction of sp³-hybridized carbons (Fsp3) is 0.500. The van der Waals surface area contributed by atoms with Crippen LogP contribution in [-0.4, -0.2) is 19.0 Å². The lowest BCUT2D eigenvalue weighted by molar-refractivity contribution is -0.115. The quantitative estimate of drug-likeness (QED) is 0.800. The second-order valence-electron chi connectivity index (χ2n) is 4.46. The van der Waals surface area contributed by atoms with Gasteiger partial charge in [-0.25, -0.2) is 8.78 Å². The van der Waals surface area contributed by atoms with E-state index in [0.29, 0.717) is 5.92 Å². The summed E-state index contributed by atoms with van der Waals surface area (Å²) in [6.45, 7) is 4.94. The van der Waals surface area contributed by atoms with Crippen molar-refractivity contribution in [1.29, 1.82) is 0 Å². The summed E-state index contributed by atoms with van der Waals surface area (Å²) in [5.74, 6) is -1.48. The van der Waals surface area contributed by atoms with Crippen LogP contribution in [0.2, 0.25) is 0 Å². The molecule has 0 radical (unpaired) electrons. The van der Waals surface area contributed by atoms with Crippen molar-refractivity contribution in [3.63, 3.8) is 0 Å². The molecular weight excluding hydrogens is 250 g/mol. The molecule has 0 unspecified atom stereocenters. The molecule has 1 amide bonds. The maximum Gasteiger partial charge on any atom is 0.238 e. The molecule has 0 aliphatic heterocycles. The van der Waals surface area contributed by atoms with Gasteiger partial charge in [0.15, 0.2) is 0 Å². The molecule has 0 aliphatic carbocycles. The van der Waals surface area contributed by atoms with Crippen LogP contribution in [0.1, 0.15) is 26.7 Å². The summed E-state index contributed by atoms with van der Waals surface area (Å²) in [4.78, 5) is 11.6. The normalized spacial score (nSPS) is 10.8. The van der Waals surface area contributed by atoms with Gasteiger partial charge in [-0.05, 0) is 24.6 Å². The van der Waals surface area contributed by atoms with Gasteiger partial charge in [-0.3, -0.25) is 4.79 Å². The van der Waals surface area contributed by atoms with Crippen LogP contribution in [0.15, 0.2) is 18.2 Å². The second kappa shape index (κ2) is 7.84. The molecule has 0 aromatic heterocycles. The zero-order chi connectivity index (χ0) is 14.3. The first-order valence-corrected chi connectivity index (χ1v) is 6.53. The molecule has 0 saturated carbocycles. The van der Waals surface area contributed by atoms with Crippen molar-refractivity contribution in [2.45, 2.75) is 26.7 Å². The molecule has 0 bridgehead atoms. The minimum absolute atomic E-state index is 0.0459. The Hall–Kier alpha value is -1.49. The Bertz CT molecular complexity index is 400. The molecule has 0 saturated heterocycles. The van der Waals surface area contributed by atoms with Gasteiger partial charge >= 0.3 is 0 Å². The van der Waals surface area contributed by atoms with Gasteiger partial charge in [0.25, 0.3) is 0 Å². The van der Waals surface area contributed by atoms with E-state index in [0.717, 1.165) is 31.5 Å². The number of carbonyl (C=O) groups is 1. The molecule has 5 heteroatoms. The van der Waals surface area contributed by atoms with Crippen molar-refractivity contribution < 1.29 is 13.6 Å². The Morgan fingerprint density at radius 2 is 1.79 bits per heavy atom. The molecule has 0 aliphatic rings. The fourth-order valence-corrected chi connectivity index (χ4v) is 1.77. The number of para-hydroxylation sites is 1. The van der Waals surface area contributed by atoms with Crippen molar-refractivity contribution in [2.75, 3.05) is 18.4 Å². The van der Waals surface area contributed by atoms with Crippen molar-refractivity contribution in [2.24, 2.45) is 5.92 Å². The van der Waals surface area contributed by atoms with Gasteiger partial charge in [-0.2, -0.15) is 0 Å². The van der Waals surface area contributed by atoms with E-state index in [1.54, 1.807) is 0 Å². The van der Waals surface area contributed by atoms with E-state index in [4.69, 9.17) is 0 Å². The van der Waals surface area contributed by atoms with Crippen LogP contribution in [0.3, 0.4) is 0 Å². The van der Waals surface area contributed by atoms with Gasteiger partial charge in [0.05, 0.1) is 6.54 Å². The zero-order valence-corrected chi connectivity index (χ0v) is 11.3. The summed E-state index contributed by atoms with van der Waals surface area (Å²) in [5, 5.41) is 5.23. The van der Waals surface area contributed by atoms with E-state index in [1.807, 2.05) is 0 Å². The summed E-state index contributed by atoms with van der Waals surface area (Å²) in [6.07, 6.45) is 2.07. The third-order valence-electron chi connectivity index (χ3n) is 3.10. The third-order valence-corrected chi connectivity index (χ3v) is 3.10. The monoisotopic (exact) mass is 270 g/mol. The summed E-state index contributed by atoms with van der Waals surface area (Å²) in [7, 11) is 0. The Balaban J connectivity index is 2.43. The molecule has 2 N–H and O–H groups in total. The fourth-order valence-electron chi connectivity index (χ4n) is 1.77. The minimum Gasteiger partial charge on any atom is -0.320 e. The minimum atomic E-state index is -0.770. The van der Waals surface area contributed by atoms with Gasteiger partial charge < -0.3 is 10.6 Å². The van der Waals surface area contributed by atoms with Crippen LogP contribution in [0.5, 0.6) is 0 Å². The highest BCUT2D eigenvalue weighted by Crippen LogP contribution is 2.17. The van der Waals surface area contributed by atoms with Gasteiger partial charge in [-0.15, -0.1) is 0 Å². The lowest BCUT2D eigenvalue weighted by atomic mass is 10.0. The predicted octanol–water partition coefficient (Wildman–Crippen LogP) is 2.93. The summed E-state index contributed by atoms with van der Waals surface area (Å²) in [5.41, 5.74) is -0.392. The molecule has 0 spiro atoms. The lowest BCUT2D eigenvalue weighted by Crippen LogP contribution is -2.32. The molecule has 1 rings (SSSR count). The smallest absolute Gasteiger partial charge is 0.238 e. The highest BCUT2D eigenvalue weighted by atomic mass is 19.1. The third kappa shape index (κ3) is 4.95. The summed E-state index contributed by atoms with van der Waals surface area (Å²) in [6, 6.07) is 3.47. The van der Waals surface area contributed by atoms with Crippen LogP contribution in [0, 0.1) is 17.6 Å². The number of hydrogen-bond donors (Lipinski definition) is 2. The van der Waals surface area contributed by atoms with Gasteiger partial charge in [0.1, 0.15) is 17.3 Å². The molecule has 1 aromatic carbocycles. The molecule has 0 fully saturated rings. The maximum absolute atomic E-state index is 13.3. The summed E-state index contributed by atoms with van der Waals surface area (Å²) < 4.78 is 26.6. The lowest BCUT2D eigenvalue weighted by Gasteiger charge is -2.13. The number of nitrogens with one attached hydrogen (secondary N) is 2. The van der Waals surface area contributed by atoms with E-state index in [9.17, 15) is 13.6 Å². The molecule has 3 nitrogen and oxygen atoms in total. The summed E-state index contributed by atoms with van der Waals surface area (Å²) >= 11 is 0. The number of halogens is 2. The Labute approximate surface area is 112 Å². The van der Waals surface area contributed by atoms with Gasteiger partial charge in [0, 0.05) is 0 Å². The number of rotatable bonds is 7. The van der Waals surface area contributed by atoms with Gasteiger partial charge in [0.2, 0.25) is 5.91 Å². The van der Waals surface area contributed by atoms with Crippen LogP contribution in [0.25, 0.3) is 0 Å². The number of anilines is 1. The largest absolute Gasteiger partial charge is 0.320 e. The number of hydrogen-bond acceptors (Lipinski definition) is 2. The molecular formula is C14H20F2N2O. The first-order chi connectivity index (χ1) is 9.08. The number of benzene rings is 1. The predicted molar refractivity (Wildman–Crippen MR) is 71.9 cm³/mol. The highest BCUT2D eigenvalue weighted by molar-refractivity contribution is 5.92. The van der Waals surface area contributed by atoms with E-state index in [2.05, 4.69) is 24.5 Å².